The number of ether oxygens (including phenoxy) is 2. The van der Waals surface area contributed by atoms with Gasteiger partial charge in [0, 0.05) is 39.1 Å². The Morgan fingerprint density at radius 2 is 2.00 bits per heavy atom. The van der Waals surface area contributed by atoms with Crippen molar-refractivity contribution in [1.82, 2.24) is 10.6 Å². The van der Waals surface area contributed by atoms with Crippen LogP contribution in [0.4, 0.5) is 5.69 Å². The molecule has 0 aliphatic carbocycles. The van der Waals surface area contributed by atoms with Crippen molar-refractivity contribution in [2.75, 3.05) is 45.8 Å². The van der Waals surface area contributed by atoms with Crippen LogP contribution in [0.3, 0.4) is 0 Å². The van der Waals surface area contributed by atoms with E-state index in [9.17, 15) is 4.79 Å². The average molecular weight is 391 g/mol. The van der Waals surface area contributed by atoms with Crippen LogP contribution in [-0.4, -0.2) is 58.9 Å². The molecular weight excluding hydrogens is 356 g/mol. The summed E-state index contributed by atoms with van der Waals surface area (Å²) in [6, 6.07) is 8.51. The van der Waals surface area contributed by atoms with E-state index in [4.69, 9.17) is 4.74 Å². The minimum absolute atomic E-state index is 0.124. The summed E-state index contributed by atoms with van der Waals surface area (Å²) in [4.78, 5) is 17.8. The number of guanidine groups is 1. The quantitative estimate of drug-likeness (QED) is 0.277. The van der Waals surface area contributed by atoms with E-state index in [-0.39, 0.29) is 5.97 Å². The maximum absolute atomic E-state index is 11.1. The van der Waals surface area contributed by atoms with Gasteiger partial charge in [-0.2, -0.15) is 0 Å². The van der Waals surface area contributed by atoms with Gasteiger partial charge in [0.2, 0.25) is 0 Å². The Balaban J connectivity index is 1.66. The van der Waals surface area contributed by atoms with Crippen LogP contribution >= 0.6 is 0 Å². The standard InChI is InChI=1S/C21H34N4O3/c1-22-21(23-14-9-5-4-6-12-20(26)28-3)24-17-13-15-25(16-17)18-10-7-8-11-19(18)27-2/h7-8,10-11,17H,4-6,9,12-16H2,1-3H3,(H2,22,23,24). The summed E-state index contributed by atoms with van der Waals surface area (Å²) in [7, 11) is 4.95. The fraction of sp³-hybridized carbons (Fsp3) is 0.619. The van der Waals surface area contributed by atoms with E-state index in [1.54, 1.807) is 14.2 Å². The molecule has 156 valence electrons. The van der Waals surface area contributed by atoms with Crippen molar-refractivity contribution in [2.45, 2.75) is 44.6 Å². The third-order valence-electron chi connectivity index (χ3n) is 5.01. The molecule has 0 aromatic heterocycles. The number of esters is 1. The summed E-state index contributed by atoms with van der Waals surface area (Å²) in [5.74, 6) is 1.64. The molecule has 1 atom stereocenters. The normalized spacial score (nSPS) is 16.8. The smallest absolute Gasteiger partial charge is 0.305 e. The maximum atomic E-state index is 11.1. The highest BCUT2D eigenvalue weighted by Crippen LogP contribution is 2.30. The number of hydrogen-bond acceptors (Lipinski definition) is 5. The Morgan fingerprint density at radius 1 is 1.21 bits per heavy atom. The first-order valence-corrected chi connectivity index (χ1v) is 10.1. The first kappa shape index (κ1) is 21.9. The van der Waals surface area contributed by atoms with Gasteiger partial charge in [0.1, 0.15) is 5.75 Å². The van der Waals surface area contributed by atoms with Gasteiger partial charge in [0.15, 0.2) is 5.96 Å². The van der Waals surface area contributed by atoms with E-state index < -0.39 is 0 Å². The second-order valence-electron chi connectivity index (χ2n) is 6.99. The van der Waals surface area contributed by atoms with E-state index in [0.29, 0.717) is 12.5 Å². The van der Waals surface area contributed by atoms with Gasteiger partial charge in [-0.05, 0) is 31.4 Å². The van der Waals surface area contributed by atoms with Gasteiger partial charge >= 0.3 is 5.97 Å². The zero-order valence-electron chi connectivity index (χ0n) is 17.4. The highest BCUT2D eigenvalue weighted by atomic mass is 16.5. The van der Waals surface area contributed by atoms with Crippen molar-refractivity contribution >= 4 is 17.6 Å². The molecule has 1 heterocycles. The summed E-state index contributed by atoms with van der Waals surface area (Å²) in [6.45, 7) is 2.80. The molecule has 2 N–H and O–H groups in total. The lowest BCUT2D eigenvalue weighted by Crippen LogP contribution is -2.44. The number of rotatable bonds is 10. The number of methoxy groups -OCH3 is 2. The van der Waals surface area contributed by atoms with Gasteiger partial charge in [0.25, 0.3) is 0 Å². The van der Waals surface area contributed by atoms with Crippen molar-refractivity contribution in [3.63, 3.8) is 0 Å². The number of benzene rings is 1. The third kappa shape index (κ3) is 6.94. The Morgan fingerprint density at radius 3 is 2.75 bits per heavy atom. The van der Waals surface area contributed by atoms with Crippen molar-refractivity contribution < 1.29 is 14.3 Å². The minimum Gasteiger partial charge on any atom is -0.495 e. The lowest BCUT2D eigenvalue weighted by atomic mass is 10.1. The Bertz CT molecular complexity index is 636. The molecule has 0 spiro atoms. The van der Waals surface area contributed by atoms with Crippen LogP contribution in [-0.2, 0) is 9.53 Å². The first-order valence-electron chi connectivity index (χ1n) is 10.1. The second-order valence-corrected chi connectivity index (χ2v) is 6.99. The van der Waals surface area contributed by atoms with E-state index in [1.165, 1.54) is 7.11 Å². The number of anilines is 1. The second kappa shape index (κ2) is 12.1. The molecule has 1 saturated heterocycles. The van der Waals surface area contributed by atoms with Crippen LogP contribution < -0.4 is 20.3 Å². The van der Waals surface area contributed by atoms with Gasteiger partial charge < -0.3 is 25.0 Å². The number of para-hydroxylation sites is 2. The summed E-state index contributed by atoms with van der Waals surface area (Å²) in [5.41, 5.74) is 1.14. The number of hydrogen-bond donors (Lipinski definition) is 2. The molecule has 2 rings (SSSR count). The van der Waals surface area contributed by atoms with Crippen LogP contribution in [0.1, 0.15) is 38.5 Å². The fourth-order valence-electron chi connectivity index (χ4n) is 3.43. The number of aliphatic imine (C=N–C) groups is 1. The van der Waals surface area contributed by atoms with Crippen LogP contribution in [0.15, 0.2) is 29.3 Å². The van der Waals surface area contributed by atoms with Gasteiger partial charge in [-0.1, -0.05) is 25.0 Å². The molecule has 7 heteroatoms. The summed E-state index contributed by atoms with van der Waals surface area (Å²) >= 11 is 0. The maximum Gasteiger partial charge on any atom is 0.305 e. The summed E-state index contributed by atoms with van der Waals surface area (Å²) in [5, 5.41) is 6.91. The molecular formula is C21H34N4O3. The van der Waals surface area contributed by atoms with Crippen LogP contribution in [0.5, 0.6) is 5.75 Å². The van der Waals surface area contributed by atoms with Gasteiger partial charge in [0.05, 0.1) is 19.9 Å². The van der Waals surface area contributed by atoms with Crippen molar-refractivity contribution in [2.24, 2.45) is 4.99 Å². The Labute approximate surface area is 168 Å². The van der Waals surface area contributed by atoms with E-state index in [2.05, 4.69) is 31.3 Å². The predicted octanol–water partition coefficient (Wildman–Crippen LogP) is 2.56. The lowest BCUT2D eigenvalue weighted by molar-refractivity contribution is -0.140. The van der Waals surface area contributed by atoms with Gasteiger partial charge in [-0.25, -0.2) is 0 Å². The molecule has 1 aliphatic heterocycles. The molecule has 7 nitrogen and oxygen atoms in total. The molecule has 28 heavy (non-hydrogen) atoms. The lowest BCUT2D eigenvalue weighted by Gasteiger charge is -2.22. The summed E-state index contributed by atoms with van der Waals surface area (Å²) in [6.07, 6.45) is 5.65. The molecule has 0 saturated carbocycles. The minimum atomic E-state index is -0.124. The number of carbonyl (C=O) groups excluding carboxylic acids is 1. The van der Waals surface area contributed by atoms with E-state index in [0.717, 1.165) is 69.1 Å². The average Bonchev–Trinajstić information content (AvgIpc) is 3.20. The zero-order chi connectivity index (χ0) is 20.2. The molecule has 1 aliphatic rings. The van der Waals surface area contributed by atoms with Crippen molar-refractivity contribution in [3.8, 4) is 5.75 Å². The number of unbranched alkanes of at least 4 members (excludes halogenated alkanes) is 3. The van der Waals surface area contributed by atoms with Crippen molar-refractivity contribution in [3.05, 3.63) is 24.3 Å². The number of nitrogens with one attached hydrogen (secondary N) is 2. The monoisotopic (exact) mass is 390 g/mol. The van der Waals surface area contributed by atoms with E-state index >= 15 is 0 Å². The SMILES string of the molecule is CN=C(NCCCCCCC(=O)OC)NC1CCN(c2ccccc2OC)C1. The molecule has 1 aromatic carbocycles. The largest absolute Gasteiger partial charge is 0.495 e. The number of carbonyl (C=O) groups is 1. The van der Waals surface area contributed by atoms with E-state index in [1.807, 2.05) is 18.2 Å². The highest BCUT2D eigenvalue weighted by Gasteiger charge is 2.25. The molecule has 1 aromatic rings. The van der Waals surface area contributed by atoms with Crippen molar-refractivity contribution in [1.29, 1.82) is 0 Å². The molecule has 0 radical (unpaired) electrons. The molecule has 1 fully saturated rings. The van der Waals surface area contributed by atoms with Crippen LogP contribution in [0.2, 0.25) is 0 Å². The Hall–Kier alpha value is -2.44. The zero-order valence-corrected chi connectivity index (χ0v) is 17.4. The molecule has 0 amide bonds. The topological polar surface area (TPSA) is 75.2 Å². The van der Waals surface area contributed by atoms with Crippen LogP contribution in [0, 0.1) is 0 Å². The molecule has 1 unspecified atom stereocenters. The fourth-order valence-corrected chi connectivity index (χ4v) is 3.43. The van der Waals surface area contributed by atoms with Gasteiger partial charge in [-0.3, -0.25) is 9.79 Å². The summed E-state index contributed by atoms with van der Waals surface area (Å²) < 4.78 is 10.1. The van der Waals surface area contributed by atoms with Gasteiger partial charge in [-0.15, -0.1) is 0 Å². The third-order valence-corrected chi connectivity index (χ3v) is 5.01. The number of nitrogens with zero attached hydrogens (tertiary/aromatic N) is 2. The Kier molecular flexibility index (Phi) is 9.45. The predicted molar refractivity (Wildman–Crippen MR) is 113 cm³/mol. The molecule has 0 bridgehead atoms. The first-order chi connectivity index (χ1) is 13.7. The highest BCUT2D eigenvalue weighted by molar-refractivity contribution is 5.80. The van der Waals surface area contributed by atoms with Crippen LogP contribution in [0.25, 0.3) is 0 Å².